The fourth-order valence-electron chi connectivity index (χ4n) is 4.87. The Morgan fingerprint density at radius 1 is 1.16 bits per heavy atom. The number of hydrogen-bond donors (Lipinski definition) is 0. The van der Waals surface area contributed by atoms with Gasteiger partial charge in [-0.3, -0.25) is 9.69 Å². The Balaban J connectivity index is 1.47. The molecular formula is C23H28N4O3S. The summed E-state index contributed by atoms with van der Waals surface area (Å²) in [6.45, 7) is 8.31. The second kappa shape index (κ2) is 8.24. The summed E-state index contributed by atoms with van der Waals surface area (Å²) in [5, 5.41) is 5.11. The molecule has 3 heterocycles. The minimum Gasteiger partial charge on any atom is -0.454 e. The number of benzene rings is 1. The fourth-order valence-corrected chi connectivity index (χ4v) is 5.64. The van der Waals surface area contributed by atoms with Crippen molar-refractivity contribution >= 4 is 16.3 Å². The Bertz CT molecular complexity index is 1160. The molecule has 0 saturated heterocycles. The summed E-state index contributed by atoms with van der Waals surface area (Å²) in [4.78, 5) is 20.5. The van der Waals surface area contributed by atoms with Crippen LogP contribution < -0.4 is 15.0 Å². The maximum absolute atomic E-state index is 12.6. The van der Waals surface area contributed by atoms with Crippen molar-refractivity contribution in [1.82, 2.24) is 19.5 Å². The van der Waals surface area contributed by atoms with Crippen LogP contribution in [-0.2, 0) is 13.1 Å². The molecule has 0 bridgehead atoms. The maximum atomic E-state index is 12.6. The third-order valence-corrected chi connectivity index (χ3v) is 7.54. The molecule has 1 aliphatic carbocycles. The van der Waals surface area contributed by atoms with Gasteiger partial charge in [0.05, 0.1) is 5.69 Å². The predicted octanol–water partition coefficient (Wildman–Crippen LogP) is 4.02. The smallest absolute Gasteiger partial charge is 0.275 e. The van der Waals surface area contributed by atoms with E-state index in [1.807, 2.05) is 13.0 Å². The molecule has 1 saturated carbocycles. The van der Waals surface area contributed by atoms with Gasteiger partial charge < -0.3 is 9.47 Å². The molecule has 0 radical (unpaired) electrons. The number of fused-ring (bicyclic) bond motifs is 2. The van der Waals surface area contributed by atoms with Crippen LogP contribution in [0.4, 0.5) is 0 Å². The molecule has 7 nitrogen and oxygen atoms in total. The van der Waals surface area contributed by atoms with Gasteiger partial charge in [-0.1, -0.05) is 44.1 Å². The molecule has 0 N–H and O–H groups in total. The molecule has 5 rings (SSSR count). The van der Waals surface area contributed by atoms with Crippen molar-refractivity contribution in [2.45, 2.75) is 59.2 Å². The van der Waals surface area contributed by atoms with Gasteiger partial charge in [0, 0.05) is 25.2 Å². The quantitative estimate of drug-likeness (QED) is 0.597. The third kappa shape index (κ3) is 4.06. The van der Waals surface area contributed by atoms with E-state index in [0.717, 1.165) is 35.2 Å². The number of ether oxygens (including phenoxy) is 2. The summed E-state index contributed by atoms with van der Waals surface area (Å²) in [7, 11) is 0. The van der Waals surface area contributed by atoms with Crippen molar-refractivity contribution in [2.75, 3.05) is 6.79 Å². The van der Waals surface area contributed by atoms with E-state index in [2.05, 4.69) is 36.0 Å². The van der Waals surface area contributed by atoms with Crippen LogP contribution in [0.3, 0.4) is 0 Å². The molecule has 3 atom stereocenters. The van der Waals surface area contributed by atoms with Crippen LogP contribution in [0.1, 0.15) is 49.4 Å². The number of aromatic nitrogens is 3. The highest BCUT2D eigenvalue weighted by Gasteiger charge is 2.32. The molecule has 3 unspecified atom stereocenters. The third-order valence-electron chi connectivity index (χ3n) is 6.72. The largest absolute Gasteiger partial charge is 0.454 e. The van der Waals surface area contributed by atoms with Crippen LogP contribution in [0.2, 0.25) is 0 Å². The first-order valence-electron chi connectivity index (χ1n) is 11.0. The Morgan fingerprint density at radius 2 is 2.00 bits per heavy atom. The Morgan fingerprint density at radius 3 is 2.87 bits per heavy atom. The second-order valence-electron chi connectivity index (χ2n) is 8.83. The number of aryl methyl sites for hydroxylation is 1. The van der Waals surface area contributed by atoms with Crippen molar-refractivity contribution < 1.29 is 9.47 Å². The molecule has 1 aliphatic heterocycles. The number of rotatable bonds is 5. The summed E-state index contributed by atoms with van der Waals surface area (Å²) < 4.78 is 12.5. The molecule has 2 aromatic heterocycles. The summed E-state index contributed by atoms with van der Waals surface area (Å²) >= 11 is 1.45. The normalized spacial score (nSPS) is 23.0. The van der Waals surface area contributed by atoms with Gasteiger partial charge in [0.1, 0.15) is 5.01 Å². The highest BCUT2D eigenvalue weighted by Crippen LogP contribution is 2.36. The first-order valence-corrected chi connectivity index (χ1v) is 11.8. The zero-order valence-electron chi connectivity index (χ0n) is 18.2. The van der Waals surface area contributed by atoms with Crippen LogP contribution in [0, 0.1) is 18.8 Å². The molecule has 31 heavy (non-hydrogen) atoms. The molecular weight excluding hydrogens is 412 g/mol. The van der Waals surface area contributed by atoms with E-state index < -0.39 is 0 Å². The lowest BCUT2D eigenvalue weighted by Crippen LogP contribution is -2.43. The van der Waals surface area contributed by atoms with E-state index >= 15 is 0 Å². The Hall–Kier alpha value is -2.45. The monoisotopic (exact) mass is 440 g/mol. The van der Waals surface area contributed by atoms with Crippen molar-refractivity contribution in [3.63, 3.8) is 0 Å². The van der Waals surface area contributed by atoms with Crippen molar-refractivity contribution in [3.8, 4) is 11.5 Å². The van der Waals surface area contributed by atoms with Crippen LogP contribution in [0.25, 0.3) is 4.96 Å². The van der Waals surface area contributed by atoms with Gasteiger partial charge in [0.2, 0.25) is 11.8 Å². The number of nitrogens with zero attached hydrogens (tertiary/aromatic N) is 4. The van der Waals surface area contributed by atoms with Crippen molar-refractivity contribution in [1.29, 1.82) is 0 Å². The average molecular weight is 441 g/mol. The van der Waals surface area contributed by atoms with Crippen LogP contribution in [0.5, 0.6) is 11.5 Å². The molecule has 8 heteroatoms. The summed E-state index contributed by atoms with van der Waals surface area (Å²) in [5.41, 5.74) is 1.87. The molecule has 2 aliphatic rings. The van der Waals surface area contributed by atoms with E-state index in [-0.39, 0.29) is 12.4 Å². The van der Waals surface area contributed by atoms with E-state index in [1.54, 1.807) is 6.07 Å². The molecule has 0 spiro atoms. The number of hydrogen-bond acceptors (Lipinski definition) is 7. The van der Waals surface area contributed by atoms with Crippen LogP contribution in [0.15, 0.2) is 29.1 Å². The van der Waals surface area contributed by atoms with E-state index in [0.29, 0.717) is 29.4 Å². The van der Waals surface area contributed by atoms with E-state index in [1.165, 1.54) is 34.3 Å². The first kappa shape index (κ1) is 20.5. The minimum absolute atomic E-state index is 0.113. The van der Waals surface area contributed by atoms with Crippen molar-refractivity contribution in [2.24, 2.45) is 11.8 Å². The van der Waals surface area contributed by atoms with Crippen LogP contribution in [-0.4, -0.2) is 32.3 Å². The van der Waals surface area contributed by atoms with Gasteiger partial charge >= 0.3 is 0 Å². The highest BCUT2D eigenvalue weighted by atomic mass is 32.1. The minimum atomic E-state index is -0.113. The second-order valence-corrected chi connectivity index (χ2v) is 9.99. The zero-order valence-corrected chi connectivity index (χ0v) is 19.0. The first-order chi connectivity index (χ1) is 15.0. The summed E-state index contributed by atoms with van der Waals surface area (Å²) in [6, 6.07) is 8.24. The van der Waals surface area contributed by atoms with Gasteiger partial charge in [-0.05, 0) is 42.9 Å². The van der Waals surface area contributed by atoms with Gasteiger partial charge in [-0.2, -0.15) is 9.61 Å². The van der Waals surface area contributed by atoms with Crippen LogP contribution >= 0.6 is 11.3 Å². The van der Waals surface area contributed by atoms with Crippen molar-refractivity contribution in [3.05, 3.63) is 50.9 Å². The molecule has 164 valence electrons. The maximum Gasteiger partial charge on any atom is 0.275 e. The standard InChI is InChI=1S/C23H28N4O3S/c1-14-5-4-6-19(15(14)2)26(11-17-7-8-20-21(9-17)30-13-29-20)12-18-10-22(28)27-23(24-18)31-16(3)25-27/h7-10,14-15,19H,4-6,11-13H2,1-3H3. The Labute approximate surface area is 185 Å². The molecule has 1 fully saturated rings. The average Bonchev–Trinajstić information content (AvgIpc) is 3.35. The molecule has 0 amide bonds. The molecule has 3 aromatic rings. The summed E-state index contributed by atoms with van der Waals surface area (Å²) in [5.74, 6) is 2.87. The van der Waals surface area contributed by atoms with E-state index in [9.17, 15) is 4.79 Å². The Kier molecular flexibility index (Phi) is 5.44. The topological polar surface area (TPSA) is 69.0 Å². The highest BCUT2D eigenvalue weighted by molar-refractivity contribution is 7.16. The fraction of sp³-hybridized carbons (Fsp3) is 0.522. The van der Waals surface area contributed by atoms with Gasteiger partial charge in [-0.15, -0.1) is 0 Å². The van der Waals surface area contributed by atoms with Gasteiger partial charge in [-0.25, -0.2) is 4.98 Å². The predicted molar refractivity (Wildman–Crippen MR) is 120 cm³/mol. The zero-order chi connectivity index (χ0) is 21.5. The SMILES string of the molecule is Cc1nn2c(=O)cc(CN(Cc3ccc4c(c3)OCO4)C3CCCC(C)C3C)nc2s1. The lowest BCUT2D eigenvalue weighted by Gasteiger charge is -2.41. The van der Waals surface area contributed by atoms with Gasteiger partial charge in [0.25, 0.3) is 5.56 Å². The molecule has 1 aromatic carbocycles. The van der Waals surface area contributed by atoms with Gasteiger partial charge in [0.15, 0.2) is 11.5 Å². The van der Waals surface area contributed by atoms with E-state index in [4.69, 9.17) is 14.5 Å². The lowest BCUT2D eigenvalue weighted by atomic mass is 9.77. The summed E-state index contributed by atoms with van der Waals surface area (Å²) in [6.07, 6.45) is 3.68. The lowest BCUT2D eigenvalue weighted by molar-refractivity contribution is 0.0676.